The van der Waals surface area contributed by atoms with Gasteiger partial charge in [-0.1, -0.05) is 37.7 Å². The number of hydrogen-bond acceptors (Lipinski definition) is 5. The summed E-state index contributed by atoms with van der Waals surface area (Å²) in [6, 6.07) is 5.98. The van der Waals surface area contributed by atoms with Gasteiger partial charge in [0, 0.05) is 11.6 Å². The number of nitrogen functional groups attached to an aromatic ring is 1. The zero-order valence-electron chi connectivity index (χ0n) is 14.1. The van der Waals surface area contributed by atoms with Crippen LogP contribution in [0.4, 0.5) is 5.69 Å². The third kappa shape index (κ3) is 4.04. The first-order chi connectivity index (χ1) is 10.8. The van der Waals surface area contributed by atoms with Crippen LogP contribution in [0.25, 0.3) is 0 Å². The van der Waals surface area contributed by atoms with Crippen molar-refractivity contribution in [1.82, 2.24) is 14.9 Å². The van der Waals surface area contributed by atoms with Crippen molar-refractivity contribution in [3.8, 4) is 0 Å². The third-order valence-electron chi connectivity index (χ3n) is 3.51. The second kappa shape index (κ2) is 7.04. The monoisotopic (exact) mass is 333 g/mol. The van der Waals surface area contributed by atoms with Crippen molar-refractivity contribution in [2.45, 2.75) is 50.9 Å². The zero-order chi connectivity index (χ0) is 17.1. The maximum absolute atomic E-state index is 12.4. The Labute approximate surface area is 140 Å². The van der Waals surface area contributed by atoms with Crippen molar-refractivity contribution >= 4 is 23.4 Å². The Morgan fingerprint density at radius 2 is 1.96 bits per heavy atom. The number of nitrogens with two attached hydrogens (primary N) is 1. The fraction of sp³-hybridized carbons (Fsp3) is 0.438. The van der Waals surface area contributed by atoms with E-state index in [2.05, 4.69) is 15.5 Å². The molecule has 0 aliphatic heterocycles. The van der Waals surface area contributed by atoms with Crippen LogP contribution < -0.4 is 11.2 Å². The van der Waals surface area contributed by atoms with Gasteiger partial charge in [-0.2, -0.15) is 0 Å². The van der Waals surface area contributed by atoms with E-state index in [0.29, 0.717) is 11.0 Å². The van der Waals surface area contributed by atoms with Gasteiger partial charge in [-0.15, -0.1) is 10.2 Å². The molecule has 1 aromatic heterocycles. The van der Waals surface area contributed by atoms with Gasteiger partial charge < -0.3 is 11.2 Å². The van der Waals surface area contributed by atoms with Crippen LogP contribution in [0, 0.1) is 13.8 Å². The first-order valence-electron chi connectivity index (χ1n) is 7.54. The summed E-state index contributed by atoms with van der Waals surface area (Å²) in [4.78, 5) is 12.4. The Kier molecular flexibility index (Phi) is 5.30. The van der Waals surface area contributed by atoms with E-state index in [9.17, 15) is 4.79 Å². The molecule has 0 aliphatic carbocycles. The number of carbonyl (C=O) groups excluding carboxylic acids is 1. The van der Waals surface area contributed by atoms with Crippen molar-refractivity contribution in [3.63, 3.8) is 0 Å². The van der Waals surface area contributed by atoms with Gasteiger partial charge in [-0.05, 0) is 38.0 Å². The number of nitrogens with one attached hydrogen (secondary N) is 1. The molecule has 0 saturated carbocycles. The summed E-state index contributed by atoms with van der Waals surface area (Å²) in [6.45, 7) is 9.79. The molecule has 3 N–H and O–H groups in total. The number of thioether (sulfide) groups is 1. The van der Waals surface area contributed by atoms with Crippen molar-refractivity contribution < 1.29 is 4.79 Å². The number of rotatable bonds is 5. The summed E-state index contributed by atoms with van der Waals surface area (Å²) in [5, 5.41) is 11.3. The minimum Gasteiger partial charge on any atom is -0.336 e. The van der Waals surface area contributed by atoms with E-state index in [-0.39, 0.29) is 17.1 Å². The maximum Gasteiger partial charge on any atom is 0.237 e. The number of hydrogen-bond donors (Lipinski definition) is 2. The molecule has 2 rings (SSSR count). The van der Waals surface area contributed by atoms with Crippen LogP contribution in [0.2, 0.25) is 0 Å². The molecule has 6 nitrogen and oxygen atoms in total. The fourth-order valence-corrected chi connectivity index (χ4v) is 2.86. The average Bonchev–Trinajstić information content (AvgIpc) is 2.84. The van der Waals surface area contributed by atoms with Crippen LogP contribution >= 0.6 is 11.8 Å². The summed E-state index contributed by atoms with van der Waals surface area (Å²) >= 11 is 1.30. The lowest BCUT2D eigenvalue weighted by Crippen LogP contribution is -2.24. The van der Waals surface area contributed by atoms with Gasteiger partial charge >= 0.3 is 0 Å². The summed E-state index contributed by atoms with van der Waals surface area (Å²) in [5.74, 6) is 6.79. The highest BCUT2D eigenvalue weighted by atomic mass is 32.2. The molecule has 1 heterocycles. The summed E-state index contributed by atoms with van der Waals surface area (Å²) in [6.07, 6.45) is 0. The molecule has 0 bridgehead atoms. The fourth-order valence-electron chi connectivity index (χ4n) is 2.08. The largest absolute Gasteiger partial charge is 0.336 e. The van der Waals surface area contributed by atoms with E-state index < -0.39 is 0 Å². The molecule has 0 saturated heterocycles. The quantitative estimate of drug-likeness (QED) is 0.649. The molecule has 2 aromatic rings. The van der Waals surface area contributed by atoms with Crippen molar-refractivity contribution in [2.75, 3.05) is 11.2 Å². The molecule has 0 fully saturated rings. The van der Waals surface area contributed by atoms with Gasteiger partial charge in [-0.3, -0.25) is 4.79 Å². The van der Waals surface area contributed by atoms with Gasteiger partial charge in [-0.25, -0.2) is 4.68 Å². The molecule has 0 radical (unpaired) electrons. The third-order valence-corrected chi connectivity index (χ3v) is 4.57. The molecular formula is C16H23N5OS. The SMILES string of the molecule is Cc1ccc(C)c(NC(=O)[C@@H](C)Sc2nnc(C(C)C)n2N)c1. The number of benzene rings is 1. The number of anilines is 1. The second-order valence-corrected chi connectivity index (χ2v) is 7.24. The molecule has 23 heavy (non-hydrogen) atoms. The molecule has 0 spiro atoms. The van der Waals surface area contributed by atoms with Gasteiger partial charge in [0.05, 0.1) is 5.25 Å². The number of aryl methyl sites for hydroxylation is 2. The number of amides is 1. The standard InChI is InChI=1S/C16H23N5OS/c1-9(2)14-19-20-16(21(14)17)23-12(5)15(22)18-13-8-10(3)6-7-11(13)4/h6-9,12H,17H2,1-5H3,(H,18,22)/t12-/m1/s1. The van der Waals surface area contributed by atoms with E-state index in [0.717, 1.165) is 16.8 Å². The van der Waals surface area contributed by atoms with Gasteiger partial charge in [0.25, 0.3) is 0 Å². The Bertz CT molecular complexity index is 710. The lowest BCUT2D eigenvalue weighted by molar-refractivity contribution is -0.115. The van der Waals surface area contributed by atoms with Crippen LogP contribution in [-0.4, -0.2) is 26.0 Å². The van der Waals surface area contributed by atoms with E-state index in [4.69, 9.17) is 5.84 Å². The molecule has 1 atom stereocenters. The molecular weight excluding hydrogens is 310 g/mol. The highest BCUT2D eigenvalue weighted by Crippen LogP contribution is 2.24. The van der Waals surface area contributed by atoms with E-state index >= 15 is 0 Å². The molecule has 7 heteroatoms. The van der Waals surface area contributed by atoms with Crippen molar-refractivity contribution in [2.24, 2.45) is 0 Å². The summed E-state index contributed by atoms with van der Waals surface area (Å²) in [5.41, 5.74) is 2.97. The summed E-state index contributed by atoms with van der Waals surface area (Å²) < 4.78 is 1.46. The highest BCUT2D eigenvalue weighted by molar-refractivity contribution is 8.00. The first kappa shape index (κ1) is 17.3. The lowest BCUT2D eigenvalue weighted by atomic mass is 10.1. The molecule has 1 aromatic carbocycles. The number of nitrogens with zero attached hydrogens (tertiary/aromatic N) is 3. The normalized spacial score (nSPS) is 12.4. The Morgan fingerprint density at radius 3 is 2.57 bits per heavy atom. The lowest BCUT2D eigenvalue weighted by Gasteiger charge is -2.14. The van der Waals surface area contributed by atoms with Crippen LogP contribution in [-0.2, 0) is 4.79 Å². The topological polar surface area (TPSA) is 85.8 Å². The Hall–Kier alpha value is -2.02. The van der Waals surface area contributed by atoms with Crippen LogP contribution in [0.1, 0.15) is 43.6 Å². The zero-order valence-corrected chi connectivity index (χ0v) is 14.9. The first-order valence-corrected chi connectivity index (χ1v) is 8.42. The Morgan fingerprint density at radius 1 is 1.26 bits per heavy atom. The smallest absolute Gasteiger partial charge is 0.237 e. The minimum atomic E-state index is -0.332. The molecule has 1 amide bonds. The maximum atomic E-state index is 12.4. The van der Waals surface area contributed by atoms with Gasteiger partial charge in [0.15, 0.2) is 5.82 Å². The van der Waals surface area contributed by atoms with Crippen LogP contribution in [0.3, 0.4) is 0 Å². The van der Waals surface area contributed by atoms with E-state index in [1.54, 1.807) is 0 Å². The van der Waals surface area contributed by atoms with Gasteiger partial charge in [0.2, 0.25) is 11.1 Å². The predicted molar refractivity (Wildman–Crippen MR) is 94.1 cm³/mol. The number of aromatic nitrogens is 3. The highest BCUT2D eigenvalue weighted by Gasteiger charge is 2.20. The van der Waals surface area contributed by atoms with Crippen LogP contribution in [0.5, 0.6) is 0 Å². The average molecular weight is 333 g/mol. The molecule has 0 unspecified atom stereocenters. The van der Waals surface area contributed by atoms with Crippen molar-refractivity contribution in [1.29, 1.82) is 0 Å². The van der Waals surface area contributed by atoms with Crippen LogP contribution in [0.15, 0.2) is 23.4 Å². The molecule has 124 valence electrons. The summed E-state index contributed by atoms with van der Waals surface area (Å²) in [7, 11) is 0. The van der Waals surface area contributed by atoms with E-state index in [1.165, 1.54) is 16.4 Å². The number of carbonyl (C=O) groups is 1. The van der Waals surface area contributed by atoms with E-state index in [1.807, 2.05) is 52.8 Å². The Balaban J connectivity index is 2.07. The molecule has 0 aliphatic rings. The predicted octanol–water partition coefficient (Wildman–Crippen LogP) is 2.85. The van der Waals surface area contributed by atoms with Crippen molar-refractivity contribution in [3.05, 3.63) is 35.2 Å². The van der Waals surface area contributed by atoms with Gasteiger partial charge in [0.1, 0.15) is 0 Å². The minimum absolute atomic E-state index is 0.0854. The second-order valence-electron chi connectivity index (χ2n) is 5.93.